The molecule has 0 aliphatic rings. The van der Waals surface area contributed by atoms with E-state index in [4.69, 9.17) is 4.98 Å². The second kappa shape index (κ2) is 9.90. The molecule has 1 heteroatoms. The van der Waals surface area contributed by atoms with Gasteiger partial charge in [-0.3, -0.25) is 4.98 Å². The van der Waals surface area contributed by atoms with Gasteiger partial charge in [0.15, 0.2) is 0 Å². The maximum absolute atomic E-state index is 4.97. The summed E-state index contributed by atoms with van der Waals surface area (Å²) >= 11 is 0. The lowest BCUT2D eigenvalue weighted by atomic mass is 9.85. The summed E-state index contributed by atoms with van der Waals surface area (Å²) in [5.41, 5.74) is 8.40. The van der Waals surface area contributed by atoms with Crippen LogP contribution in [0.25, 0.3) is 87.4 Å². The maximum Gasteiger partial charge on any atom is 0.0708 e. The van der Waals surface area contributed by atoms with Crippen LogP contribution in [0.1, 0.15) is 0 Å². The van der Waals surface area contributed by atoms with Crippen LogP contribution in [-0.4, -0.2) is 4.98 Å². The van der Waals surface area contributed by atoms with E-state index in [9.17, 15) is 0 Å². The van der Waals surface area contributed by atoms with Crippen molar-refractivity contribution < 1.29 is 0 Å². The van der Waals surface area contributed by atoms with Crippen molar-refractivity contribution in [2.45, 2.75) is 0 Å². The average Bonchev–Trinajstić information content (AvgIpc) is 3.10. The minimum absolute atomic E-state index is 1.01. The number of fused-ring (bicyclic) bond motifs is 6. The Morgan fingerprint density at radius 2 is 0.841 bits per heavy atom. The monoisotopic (exact) mass is 557 g/mol. The van der Waals surface area contributed by atoms with E-state index in [-0.39, 0.29) is 0 Å². The van der Waals surface area contributed by atoms with Crippen molar-refractivity contribution in [1.29, 1.82) is 0 Å². The SMILES string of the molecule is c1ccc(-c2c3ccccc3c(-c3ccc4cc(-c5ccc6ccccc6c5)ccc4c3)c3cnc4ccccc4c23)cc1. The number of benzene rings is 8. The summed E-state index contributed by atoms with van der Waals surface area (Å²) < 4.78 is 0. The highest BCUT2D eigenvalue weighted by molar-refractivity contribution is 6.27. The van der Waals surface area contributed by atoms with E-state index in [1.54, 1.807) is 0 Å². The molecule has 9 rings (SSSR count). The quantitative estimate of drug-likeness (QED) is 0.155. The van der Waals surface area contributed by atoms with E-state index >= 15 is 0 Å². The predicted octanol–water partition coefficient (Wildman–Crippen LogP) is 11.8. The number of para-hydroxylation sites is 1. The molecule has 0 bridgehead atoms. The van der Waals surface area contributed by atoms with Gasteiger partial charge in [-0.15, -0.1) is 0 Å². The fourth-order valence-electron chi connectivity index (χ4n) is 6.96. The van der Waals surface area contributed by atoms with Gasteiger partial charge in [0.05, 0.1) is 5.52 Å². The molecule has 1 heterocycles. The minimum Gasteiger partial charge on any atom is -0.256 e. The molecule has 0 aliphatic carbocycles. The lowest BCUT2D eigenvalue weighted by molar-refractivity contribution is 1.45. The Bertz CT molecular complexity index is 2540. The minimum atomic E-state index is 1.01. The molecule has 0 radical (unpaired) electrons. The molecule has 204 valence electrons. The van der Waals surface area contributed by atoms with Crippen molar-refractivity contribution in [3.05, 3.63) is 164 Å². The Hall–Kier alpha value is -5.79. The Balaban J connectivity index is 1.29. The van der Waals surface area contributed by atoms with E-state index in [2.05, 4.69) is 164 Å². The first kappa shape index (κ1) is 24.8. The molecule has 9 aromatic rings. The Morgan fingerprint density at radius 1 is 0.318 bits per heavy atom. The van der Waals surface area contributed by atoms with Crippen molar-refractivity contribution in [2.24, 2.45) is 0 Å². The van der Waals surface area contributed by atoms with Crippen LogP contribution in [0.2, 0.25) is 0 Å². The van der Waals surface area contributed by atoms with Gasteiger partial charge < -0.3 is 0 Å². The molecule has 0 unspecified atom stereocenters. The molecule has 0 aliphatic heterocycles. The van der Waals surface area contributed by atoms with E-state index in [0.29, 0.717) is 0 Å². The van der Waals surface area contributed by atoms with Crippen LogP contribution in [0, 0.1) is 0 Å². The van der Waals surface area contributed by atoms with Crippen molar-refractivity contribution in [3.8, 4) is 33.4 Å². The molecule has 8 aromatic carbocycles. The second-order valence-electron chi connectivity index (χ2n) is 11.6. The van der Waals surface area contributed by atoms with Crippen LogP contribution in [0.5, 0.6) is 0 Å². The van der Waals surface area contributed by atoms with Gasteiger partial charge in [-0.25, -0.2) is 0 Å². The first-order valence-electron chi connectivity index (χ1n) is 15.1. The zero-order valence-electron chi connectivity index (χ0n) is 24.0. The predicted molar refractivity (Wildman–Crippen MR) is 188 cm³/mol. The number of aromatic nitrogens is 1. The van der Waals surface area contributed by atoms with Crippen LogP contribution in [0.15, 0.2) is 164 Å². The molecule has 0 fully saturated rings. The molecule has 44 heavy (non-hydrogen) atoms. The van der Waals surface area contributed by atoms with Crippen LogP contribution >= 0.6 is 0 Å². The summed E-state index contributed by atoms with van der Waals surface area (Å²) in [5, 5.41) is 11.1. The highest BCUT2D eigenvalue weighted by atomic mass is 14.6. The molecule has 0 spiro atoms. The topological polar surface area (TPSA) is 12.9 Å². The zero-order valence-corrected chi connectivity index (χ0v) is 24.0. The molecule has 0 saturated heterocycles. The molecule has 0 saturated carbocycles. The molecule has 0 atom stereocenters. The van der Waals surface area contributed by atoms with Gasteiger partial charge in [-0.05, 0) is 90.0 Å². The van der Waals surface area contributed by atoms with Gasteiger partial charge in [0.25, 0.3) is 0 Å². The normalized spacial score (nSPS) is 11.6. The van der Waals surface area contributed by atoms with Gasteiger partial charge in [-0.1, -0.05) is 133 Å². The third-order valence-electron chi connectivity index (χ3n) is 9.03. The summed E-state index contributed by atoms with van der Waals surface area (Å²) in [7, 11) is 0. The Morgan fingerprint density at radius 3 is 1.59 bits per heavy atom. The Kier molecular flexibility index (Phi) is 5.57. The highest BCUT2D eigenvalue weighted by Gasteiger charge is 2.19. The largest absolute Gasteiger partial charge is 0.256 e. The van der Waals surface area contributed by atoms with Gasteiger partial charge in [0, 0.05) is 22.4 Å². The fourth-order valence-corrected chi connectivity index (χ4v) is 6.96. The summed E-state index contributed by atoms with van der Waals surface area (Å²) in [6.07, 6.45) is 2.08. The third-order valence-corrected chi connectivity index (χ3v) is 9.03. The second-order valence-corrected chi connectivity index (χ2v) is 11.6. The Labute approximate surface area is 255 Å². The standard InChI is InChI=1S/C43H27N/c1-2-11-29(12-3-1)42-37-15-7-6-14-36(37)41(39-27-44-40-17-9-8-16-38(40)43(39)42)35-23-22-33-25-32(20-21-34(33)26-35)31-19-18-28-10-4-5-13-30(28)24-31/h1-27H. The van der Waals surface area contributed by atoms with Crippen LogP contribution < -0.4 is 0 Å². The van der Waals surface area contributed by atoms with Crippen LogP contribution in [-0.2, 0) is 0 Å². The summed E-state index contributed by atoms with van der Waals surface area (Å²) in [4.78, 5) is 4.97. The van der Waals surface area contributed by atoms with Gasteiger partial charge in [-0.2, -0.15) is 0 Å². The summed E-state index contributed by atoms with van der Waals surface area (Å²) in [6.45, 7) is 0. The molecule has 0 N–H and O–H groups in total. The van der Waals surface area contributed by atoms with Gasteiger partial charge >= 0.3 is 0 Å². The van der Waals surface area contributed by atoms with E-state index < -0.39 is 0 Å². The first-order chi connectivity index (χ1) is 21.8. The molecule has 1 aromatic heterocycles. The summed E-state index contributed by atoms with van der Waals surface area (Å²) in [6, 6.07) is 57.1. The van der Waals surface area contributed by atoms with Gasteiger partial charge in [0.2, 0.25) is 0 Å². The molecule has 0 amide bonds. The third kappa shape index (κ3) is 3.91. The van der Waals surface area contributed by atoms with Crippen LogP contribution in [0.3, 0.4) is 0 Å². The first-order valence-corrected chi connectivity index (χ1v) is 15.1. The fraction of sp³-hybridized carbons (Fsp3) is 0. The number of hydrogen-bond donors (Lipinski definition) is 0. The number of hydrogen-bond acceptors (Lipinski definition) is 1. The van der Waals surface area contributed by atoms with Crippen LogP contribution in [0.4, 0.5) is 0 Å². The summed E-state index contributed by atoms with van der Waals surface area (Å²) in [5.74, 6) is 0. The molecular weight excluding hydrogens is 530 g/mol. The van der Waals surface area contributed by atoms with Crippen molar-refractivity contribution >= 4 is 54.0 Å². The van der Waals surface area contributed by atoms with E-state index in [1.165, 1.54) is 81.9 Å². The lowest BCUT2D eigenvalue weighted by Gasteiger charge is -2.19. The lowest BCUT2D eigenvalue weighted by Crippen LogP contribution is -1.93. The number of nitrogens with zero attached hydrogens (tertiary/aromatic N) is 1. The van der Waals surface area contributed by atoms with Gasteiger partial charge in [0.1, 0.15) is 0 Å². The highest BCUT2D eigenvalue weighted by Crippen LogP contribution is 2.46. The molecule has 1 nitrogen and oxygen atoms in total. The van der Waals surface area contributed by atoms with Crippen molar-refractivity contribution in [1.82, 2.24) is 4.98 Å². The van der Waals surface area contributed by atoms with Crippen molar-refractivity contribution in [2.75, 3.05) is 0 Å². The van der Waals surface area contributed by atoms with Crippen molar-refractivity contribution in [3.63, 3.8) is 0 Å². The number of rotatable bonds is 3. The smallest absolute Gasteiger partial charge is 0.0708 e. The molecular formula is C43H27N. The van der Waals surface area contributed by atoms with E-state index in [1.807, 2.05) is 0 Å². The number of pyridine rings is 1. The van der Waals surface area contributed by atoms with E-state index in [0.717, 1.165) is 5.52 Å². The average molecular weight is 558 g/mol. The maximum atomic E-state index is 4.97. The zero-order chi connectivity index (χ0) is 29.0.